The van der Waals surface area contributed by atoms with E-state index in [1.165, 1.54) is 0 Å². The van der Waals surface area contributed by atoms with Crippen LogP contribution >= 0.6 is 0 Å². The van der Waals surface area contributed by atoms with Crippen molar-refractivity contribution in [3.05, 3.63) is 71.5 Å². The summed E-state index contributed by atoms with van der Waals surface area (Å²) in [5.74, 6) is 0.276. The van der Waals surface area contributed by atoms with Gasteiger partial charge in [0.2, 0.25) is 5.91 Å². The zero-order valence-corrected chi connectivity index (χ0v) is 17.9. The Hall–Kier alpha value is -3.41. The van der Waals surface area contributed by atoms with Crippen LogP contribution in [0.2, 0.25) is 0 Å². The van der Waals surface area contributed by atoms with E-state index in [9.17, 15) is 9.59 Å². The van der Waals surface area contributed by atoms with Crippen molar-refractivity contribution in [3.8, 4) is 11.4 Å². The molecule has 1 aromatic heterocycles. The van der Waals surface area contributed by atoms with Gasteiger partial charge in [0, 0.05) is 17.8 Å². The number of benzene rings is 2. The second-order valence-electron chi connectivity index (χ2n) is 7.80. The Morgan fingerprint density at radius 1 is 1.00 bits per heavy atom. The third kappa shape index (κ3) is 4.68. The van der Waals surface area contributed by atoms with E-state index in [1.807, 2.05) is 61.5 Å². The zero-order valence-electron chi connectivity index (χ0n) is 17.9. The molecule has 2 heterocycles. The van der Waals surface area contributed by atoms with E-state index in [1.54, 1.807) is 0 Å². The number of rotatable bonds is 6. The molecule has 0 aliphatic carbocycles. The van der Waals surface area contributed by atoms with E-state index in [0.717, 1.165) is 67.0 Å². The summed E-state index contributed by atoms with van der Waals surface area (Å²) < 4.78 is 2.18. The third-order valence-corrected chi connectivity index (χ3v) is 5.70. The van der Waals surface area contributed by atoms with Crippen molar-refractivity contribution in [3.63, 3.8) is 0 Å². The lowest BCUT2D eigenvalue weighted by Gasteiger charge is -2.10. The molecule has 0 unspecified atom stereocenters. The molecule has 1 aliphatic heterocycles. The monoisotopic (exact) mass is 416 g/mol. The number of fused-ring (bicyclic) bond motifs is 1. The van der Waals surface area contributed by atoms with Crippen LogP contribution in [0.25, 0.3) is 11.4 Å². The van der Waals surface area contributed by atoms with E-state index >= 15 is 0 Å². The number of aryl methyl sites for hydroxylation is 1. The number of hydrogen-bond acceptors (Lipinski definition) is 3. The molecule has 1 aliphatic rings. The van der Waals surface area contributed by atoms with Crippen molar-refractivity contribution in [2.75, 3.05) is 11.9 Å². The van der Waals surface area contributed by atoms with Crippen LogP contribution in [0.3, 0.4) is 0 Å². The van der Waals surface area contributed by atoms with Gasteiger partial charge in [-0.2, -0.15) is 0 Å². The second kappa shape index (κ2) is 9.60. The predicted octanol–water partition coefficient (Wildman–Crippen LogP) is 4.21. The van der Waals surface area contributed by atoms with Crippen molar-refractivity contribution in [2.45, 2.75) is 45.6 Å². The maximum atomic E-state index is 13.0. The van der Waals surface area contributed by atoms with Gasteiger partial charge in [-0.3, -0.25) is 9.59 Å². The van der Waals surface area contributed by atoms with Gasteiger partial charge < -0.3 is 15.2 Å². The SMILES string of the molecule is CCc1ccccc1NC(=O)CNC(=O)c1nc(-c2ccccc2)n2c1CCCCC2. The van der Waals surface area contributed by atoms with E-state index in [-0.39, 0.29) is 18.4 Å². The number of nitrogens with one attached hydrogen (secondary N) is 2. The Morgan fingerprint density at radius 2 is 1.77 bits per heavy atom. The van der Waals surface area contributed by atoms with E-state index in [2.05, 4.69) is 15.2 Å². The highest BCUT2D eigenvalue weighted by Crippen LogP contribution is 2.27. The quantitative estimate of drug-likeness (QED) is 0.632. The van der Waals surface area contributed by atoms with Crippen LogP contribution in [0.15, 0.2) is 54.6 Å². The number of anilines is 1. The van der Waals surface area contributed by atoms with Gasteiger partial charge in [-0.15, -0.1) is 0 Å². The first-order valence-corrected chi connectivity index (χ1v) is 11.0. The molecule has 31 heavy (non-hydrogen) atoms. The maximum absolute atomic E-state index is 13.0. The highest BCUT2D eigenvalue weighted by Gasteiger charge is 2.24. The number of aromatic nitrogens is 2. The van der Waals surface area contributed by atoms with Crippen LogP contribution in [-0.2, 0) is 24.2 Å². The number of amides is 2. The fourth-order valence-corrected chi connectivity index (χ4v) is 4.10. The summed E-state index contributed by atoms with van der Waals surface area (Å²) in [6, 6.07) is 17.7. The third-order valence-electron chi connectivity index (χ3n) is 5.70. The number of carbonyl (C=O) groups excluding carboxylic acids is 2. The summed E-state index contributed by atoms with van der Waals surface area (Å²) in [4.78, 5) is 30.1. The molecule has 0 spiro atoms. The molecule has 0 saturated carbocycles. The lowest BCUT2D eigenvalue weighted by molar-refractivity contribution is -0.115. The lowest BCUT2D eigenvalue weighted by atomic mass is 10.1. The molecule has 0 radical (unpaired) electrons. The first-order chi connectivity index (χ1) is 15.2. The Kier molecular flexibility index (Phi) is 6.46. The van der Waals surface area contributed by atoms with Gasteiger partial charge >= 0.3 is 0 Å². The standard InChI is InChI=1S/C25H28N4O2/c1-2-18-11-8-9-14-20(18)27-22(30)17-26-25(31)23-21-15-7-4-10-16-29(21)24(28-23)19-12-5-3-6-13-19/h3,5-6,8-9,11-14H,2,4,7,10,15-17H2,1H3,(H,26,31)(H,27,30). The highest BCUT2D eigenvalue weighted by atomic mass is 16.2. The molecule has 6 nitrogen and oxygen atoms in total. The minimum absolute atomic E-state index is 0.0934. The average Bonchev–Trinajstić information content (AvgIpc) is 2.99. The predicted molar refractivity (Wildman–Crippen MR) is 122 cm³/mol. The minimum atomic E-state index is -0.299. The maximum Gasteiger partial charge on any atom is 0.272 e. The molecule has 0 atom stereocenters. The Balaban J connectivity index is 1.51. The summed E-state index contributed by atoms with van der Waals surface area (Å²) in [7, 11) is 0. The number of carbonyl (C=O) groups is 2. The molecule has 160 valence electrons. The fraction of sp³-hybridized carbons (Fsp3) is 0.320. The molecule has 0 fully saturated rings. The summed E-state index contributed by atoms with van der Waals surface area (Å²) in [6.07, 6.45) is 4.89. The van der Waals surface area contributed by atoms with Crippen LogP contribution in [0.5, 0.6) is 0 Å². The zero-order chi connectivity index (χ0) is 21.6. The van der Waals surface area contributed by atoms with E-state index < -0.39 is 0 Å². The molecular formula is C25H28N4O2. The normalized spacial score (nSPS) is 13.2. The lowest BCUT2D eigenvalue weighted by Crippen LogP contribution is -2.33. The number of nitrogens with zero attached hydrogens (tertiary/aromatic N) is 2. The smallest absolute Gasteiger partial charge is 0.272 e. The van der Waals surface area contributed by atoms with Crippen LogP contribution in [-0.4, -0.2) is 27.9 Å². The van der Waals surface area contributed by atoms with Crippen molar-refractivity contribution in [1.82, 2.24) is 14.9 Å². The topological polar surface area (TPSA) is 76.0 Å². The molecule has 4 rings (SSSR count). The number of hydrogen-bond donors (Lipinski definition) is 2. The molecule has 0 bridgehead atoms. The van der Waals surface area contributed by atoms with Gasteiger partial charge in [0.15, 0.2) is 0 Å². The van der Waals surface area contributed by atoms with E-state index in [4.69, 9.17) is 4.98 Å². The summed E-state index contributed by atoms with van der Waals surface area (Å²) in [5, 5.41) is 5.66. The van der Waals surface area contributed by atoms with Crippen molar-refractivity contribution in [2.24, 2.45) is 0 Å². The summed E-state index contributed by atoms with van der Waals surface area (Å²) >= 11 is 0. The summed E-state index contributed by atoms with van der Waals surface area (Å²) in [5.41, 5.74) is 4.24. The van der Waals surface area contributed by atoms with Gasteiger partial charge in [-0.25, -0.2) is 4.98 Å². The molecule has 2 aromatic carbocycles. The van der Waals surface area contributed by atoms with Gasteiger partial charge in [0.05, 0.1) is 12.2 Å². The molecule has 2 N–H and O–H groups in total. The van der Waals surface area contributed by atoms with Gasteiger partial charge in [0.25, 0.3) is 5.91 Å². The van der Waals surface area contributed by atoms with Crippen LogP contribution < -0.4 is 10.6 Å². The minimum Gasteiger partial charge on any atom is -0.342 e. The van der Waals surface area contributed by atoms with Crippen LogP contribution in [0.4, 0.5) is 5.69 Å². The van der Waals surface area contributed by atoms with Gasteiger partial charge in [0.1, 0.15) is 11.5 Å². The number of para-hydroxylation sites is 1. The summed E-state index contributed by atoms with van der Waals surface area (Å²) in [6.45, 7) is 2.81. The molecule has 2 amide bonds. The molecule has 6 heteroatoms. The Morgan fingerprint density at radius 3 is 2.58 bits per heavy atom. The first kappa shape index (κ1) is 20.8. The van der Waals surface area contributed by atoms with Crippen LogP contribution in [0, 0.1) is 0 Å². The Bertz CT molecular complexity index is 1070. The van der Waals surface area contributed by atoms with Gasteiger partial charge in [-0.1, -0.05) is 61.9 Å². The van der Waals surface area contributed by atoms with E-state index in [0.29, 0.717) is 5.69 Å². The average molecular weight is 417 g/mol. The van der Waals surface area contributed by atoms with Crippen molar-refractivity contribution >= 4 is 17.5 Å². The molecule has 0 saturated heterocycles. The van der Waals surface area contributed by atoms with Crippen molar-refractivity contribution < 1.29 is 9.59 Å². The molecule has 3 aromatic rings. The highest BCUT2D eigenvalue weighted by molar-refractivity contribution is 5.99. The largest absolute Gasteiger partial charge is 0.342 e. The Labute approximate surface area is 182 Å². The molecular weight excluding hydrogens is 388 g/mol. The number of imidazole rings is 1. The van der Waals surface area contributed by atoms with Crippen LogP contribution in [0.1, 0.15) is 47.9 Å². The fourth-order valence-electron chi connectivity index (χ4n) is 4.10. The van der Waals surface area contributed by atoms with Gasteiger partial charge in [-0.05, 0) is 37.3 Å². The van der Waals surface area contributed by atoms with Crippen molar-refractivity contribution in [1.29, 1.82) is 0 Å². The first-order valence-electron chi connectivity index (χ1n) is 11.0. The second-order valence-corrected chi connectivity index (χ2v) is 7.80.